The summed E-state index contributed by atoms with van der Waals surface area (Å²) in [7, 11) is 0. The maximum absolute atomic E-state index is 6.72. The second-order valence-electron chi connectivity index (χ2n) is 4.90. The Morgan fingerprint density at radius 2 is 1.65 bits per heavy atom. The number of aryl methyl sites for hydroxylation is 1. The number of alkyl halides is 1. The summed E-state index contributed by atoms with van der Waals surface area (Å²) >= 11 is 6.72. The third-order valence-electron chi connectivity index (χ3n) is 3.63. The fourth-order valence-electron chi connectivity index (χ4n) is 2.46. The van der Waals surface area contributed by atoms with Crippen LogP contribution < -0.4 is 0 Å². The van der Waals surface area contributed by atoms with Gasteiger partial charge in [0.1, 0.15) is 0 Å². The van der Waals surface area contributed by atoms with E-state index in [-0.39, 0.29) is 4.87 Å². The molecular formula is C16H15Cl. The van der Waals surface area contributed by atoms with E-state index in [1.807, 2.05) is 6.07 Å². The highest BCUT2D eigenvalue weighted by Gasteiger charge is 2.54. The SMILES string of the molecule is Cc1ccc(C2(Cl)CC2c2ccccc2)cc1. The molecule has 1 heteroatoms. The minimum absolute atomic E-state index is 0.172. The Hall–Kier alpha value is -1.27. The van der Waals surface area contributed by atoms with Crippen LogP contribution in [0.5, 0.6) is 0 Å². The van der Waals surface area contributed by atoms with Gasteiger partial charge in [0.2, 0.25) is 0 Å². The lowest BCUT2D eigenvalue weighted by atomic mass is 10.0. The van der Waals surface area contributed by atoms with Crippen LogP contribution in [0.3, 0.4) is 0 Å². The Kier molecular flexibility index (Phi) is 2.48. The van der Waals surface area contributed by atoms with Crippen LogP contribution in [0.4, 0.5) is 0 Å². The van der Waals surface area contributed by atoms with E-state index < -0.39 is 0 Å². The first-order chi connectivity index (χ1) is 8.20. The Balaban J connectivity index is 1.89. The molecule has 1 saturated carbocycles. The Bertz CT molecular complexity index is 515. The van der Waals surface area contributed by atoms with Crippen LogP contribution in [0, 0.1) is 6.92 Å². The predicted molar refractivity (Wildman–Crippen MR) is 72.5 cm³/mol. The zero-order chi connectivity index (χ0) is 11.9. The average Bonchev–Trinajstić information content (AvgIpc) is 3.05. The molecule has 3 rings (SSSR count). The van der Waals surface area contributed by atoms with Crippen molar-refractivity contribution >= 4 is 11.6 Å². The summed E-state index contributed by atoms with van der Waals surface area (Å²) in [5, 5.41) is 0. The third-order valence-corrected chi connectivity index (χ3v) is 4.26. The fraction of sp³-hybridized carbons (Fsp3) is 0.250. The summed E-state index contributed by atoms with van der Waals surface area (Å²) in [6, 6.07) is 19.1. The fourth-order valence-corrected chi connectivity index (χ4v) is 2.86. The predicted octanol–water partition coefficient (Wildman–Crippen LogP) is 4.62. The molecule has 0 N–H and O–H groups in total. The molecule has 0 radical (unpaired) electrons. The van der Waals surface area contributed by atoms with Crippen molar-refractivity contribution < 1.29 is 0 Å². The number of hydrogen-bond acceptors (Lipinski definition) is 0. The van der Waals surface area contributed by atoms with Gasteiger partial charge in [-0.3, -0.25) is 0 Å². The van der Waals surface area contributed by atoms with Gasteiger partial charge in [0.25, 0.3) is 0 Å². The van der Waals surface area contributed by atoms with Crippen molar-refractivity contribution in [3.8, 4) is 0 Å². The van der Waals surface area contributed by atoms with Gasteiger partial charge in [-0.25, -0.2) is 0 Å². The summed E-state index contributed by atoms with van der Waals surface area (Å²) < 4.78 is 0. The molecule has 1 aliphatic carbocycles. The molecule has 0 aromatic heterocycles. The number of hydrogen-bond donors (Lipinski definition) is 0. The van der Waals surface area contributed by atoms with E-state index in [1.165, 1.54) is 16.7 Å². The summed E-state index contributed by atoms with van der Waals surface area (Å²) in [4.78, 5) is -0.172. The smallest absolute Gasteiger partial charge is 0.0770 e. The van der Waals surface area contributed by atoms with E-state index in [1.54, 1.807) is 0 Å². The van der Waals surface area contributed by atoms with Crippen LogP contribution in [-0.4, -0.2) is 0 Å². The molecule has 0 heterocycles. The number of halogens is 1. The van der Waals surface area contributed by atoms with Crippen LogP contribution in [0.1, 0.15) is 29.0 Å². The van der Waals surface area contributed by atoms with Crippen molar-refractivity contribution in [2.75, 3.05) is 0 Å². The molecule has 2 atom stereocenters. The zero-order valence-electron chi connectivity index (χ0n) is 9.86. The number of benzene rings is 2. The molecule has 0 amide bonds. The lowest BCUT2D eigenvalue weighted by molar-refractivity contribution is 0.941. The summed E-state index contributed by atoms with van der Waals surface area (Å²) in [5.41, 5.74) is 3.88. The maximum atomic E-state index is 6.72. The van der Waals surface area contributed by atoms with Crippen LogP contribution in [0.25, 0.3) is 0 Å². The van der Waals surface area contributed by atoms with E-state index in [2.05, 4.69) is 55.5 Å². The van der Waals surface area contributed by atoms with Crippen molar-refractivity contribution in [1.82, 2.24) is 0 Å². The molecule has 1 aliphatic rings. The molecule has 0 nitrogen and oxygen atoms in total. The maximum Gasteiger partial charge on any atom is 0.0770 e. The van der Waals surface area contributed by atoms with Gasteiger partial charge < -0.3 is 0 Å². The van der Waals surface area contributed by atoms with E-state index in [4.69, 9.17) is 11.6 Å². The van der Waals surface area contributed by atoms with Crippen molar-refractivity contribution in [2.24, 2.45) is 0 Å². The quantitative estimate of drug-likeness (QED) is 0.675. The largest absolute Gasteiger partial charge is 0.113 e. The first kappa shape index (κ1) is 10.9. The minimum Gasteiger partial charge on any atom is -0.113 e. The van der Waals surface area contributed by atoms with Gasteiger partial charge in [-0.15, -0.1) is 11.6 Å². The second-order valence-corrected chi connectivity index (χ2v) is 5.57. The van der Waals surface area contributed by atoms with Gasteiger partial charge in [0, 0.05) is 5.92 Å². The van der Waals surface area contributed by atoms with Crippen LogP contribution in [0.15, 0.2) is 54.6 Å². The molecule has 2 aromatic carbocycles. The van der Waals surface area contributed by atoms with Crippen LogP contribution in [0.2, 0.25) is 0 Å². The van der Waals surface area contributed by atoms with Crippen LogP contribution >= 0.6 is 11.6 Å². The third kappa shape index (κ3) is 1.87. The minimum atomic E-state index is -0.172. The highest BCUT2D eigenvalue weighted by Crippen LogP contribution is 2.63. The van der Waals surface area contributed by atoms with Crippen molar-refractivity contribution in [3.05, 3.63) is 71.3 Å². The molecule has 2 unspecified atom stereocenters. The lowest BCUT2D eigenvalue weighted by Gasteiger charge is -2.10. The average molecular weight is 243 g/mol. The molecule has 86 valence electrons. The first-order valence-electron chi connectivity index (χ1n) is 6.01. The first-order valence-corrected chi connectivity index (χ1v) is 6.39. The highest BCUT2D eigenvalue weighted by molar-refractivity contribution is 6.27. The van der Waals surface area contributed by atoms with Crippen LogP contribution in [-0.2, 0) is 4.87 Å². The molecule has 0 aliphatic heterocycles. The monoisotopic (exact) mass is 242 g/mol. The lowest BCUT2D eigenvalue weighted by Crippen LogP contribution is -2.00. The summed E-state index contributed by atoms with van der Waals surface area (Å²) in [6.07, 6.45) is 1.04. The topological polar surface area (TPSA) is 0 Å². The van der Waals surface area contributed by atoms with E-state index in [0.717, 1.165) is 6.42 Å². The van der Waals surface area contributed by atoms with Crippen molar-refractivity contribution in [2.45, 2.75) is 24.1 Å². The Labute approximate surface area is 107 Å². The summed E-state index contributed by atoms with van der Waals surface area (Å²) in [6.45, 7) is 2.10. The molecule has 17 heavy (non-hydrogen) atoms. The highest BCUT2D eigenvalue weighted by atomic mass is 35.5. The second kappa shape index (κ2) is 3.89. The Morgan fingerprint density at radius 1 is 1.00 bits per heavy atom. The van der Waals surface area contributed by atoms with Gasteiger partial charge in [0.15, 0.2) is 0 Å². The molecule has 0 spiro atoms. The number of rotatable bonds is 2. The van der Waals surface area contributed by atoms with Gasteiger partial charge >= 0.3 is 0 Å². The van der Waals surface area contributed by atoms with Crippen molar-refractivity contribution in [1.29, 1.82) is 0 Å². The summed E-state index contributed by atoms with van der Waals surface area (Å²) in [5.74, 6) is 0.466. The van der Waals surface area contributed by atoms with E-state index in [9.17, 15) is 0 Å². The van der Waals surface area contributed by atoms with Gasteiger partial charge in [0.05, 0.1) is 4.87 Å². The molecular weight excluding hydrogens is 228 g/mol. The van der Waals surface area contributed by atoms with Gasteiger partial charge in [-0.2, -0.15) is 0 Å². The van der Waals surface area contributed by atoms with E-state index >= 15 is 0 Å². The van der Waals surface area contributed by atoms with E-state index in [0.29, 0.717) is 5.92 Å². The van der Waals surface area contributed by atoms with Gasteiger partial charge in [-0.05, 0) is 24.5 Å². The standard InChI is InChI=1S/C16H15Cl/c1-12-7-9-14(10-8-12)16(17)11-15(16)13-5-3-2-4-6-13/h2-10,15H,11H2,1H3. The normalized spacial score (nSPS) is 26.8. The molecule has 2 aromatic rings. The van der Waals surface area contributed by atoms with Crippen molar-refractivity contribution in [3.63, 3.8) is 0 Å². The van der Waals surface area contributed by atoms with Gasteiger partial charge in [-0.1, -0.05) is 60.2 Å². The molecule has 0 saturated heterocycles. The molecule has 0 bridgehead atoms. The molecule has 1 fully saturated rings. The zero-order valence-corrected chi connectivity index (χ0v) is 10.6. The Morgan fingerprint density at radius 3 is 2.29 bits per heavy atom.